The Morgan fingerprint density at radius 2 is 1.19 bits per heavy atom. The first-order valence-corrected chi connectivity index (χ1v) is 11.5. The SMILES string of the molecule is CCCCCc1ccc(S(=O)(=O)[O-])c(CCCCC)c1CCCCC.[Li+]. The quantitative estimate of drug-likeness (QED) is 0.303. The van der Waals surface area contributed by atoms with Crippen LogP contribution in [0.4, 0.5) is 0 Å². The predicted octanol–water partition coefficient (Wildman–Crippen LogP) is 2.79. The summed E-state index contributed by atoms with van der Waals surface area (Å²) < 4.78 is 35.4. The average molecular weight is 375 g/mol. The van der Waals surface area contributed by atoms with Crippen LogP contribution < -0.4 is 18.9 Å². The monoisotopic (exact) mass is 374 g/mol. The van der Waals surface area contributed by atoms with Gasteiger partial charge in [0.15, 0.2) is 0 Å². The molecule has 0 saturated carbocycles. The number of aryl methyl sites for hydroxylation is 1. The van der Waals surface area contributed by atoms with Crippen LogP contribution in [0.25, 0.3) is 0 Å². The number of hydrogen-bond acceptors (Lipinski definition) is 3. The molecule has 0 atom stereocenters. The Balaban J connectivity index is 0.00000625. The molecule has 0 heterocycles. The fourth-order valence-corrected chi connectivity index (χ4v) is 4.20. The van der Waals surface area contributed by atoms with Crippen molar-refractivity contribution in [3.63, 3.8) is 0 Å². The van der Waals surface area contributed by atoms with E-state index < -0.39 is 10.1 Å². The third-order valence-electron chi connectivity index (χ3n) is 4.86. The van der Waals surface area contributed by atoms with E-state index in [4.69, 9.17) is 0 Å². The van der Waals surface area contributed by atoms with Crippen LogP contribution in [0.15, 0.2) is 17.0 Å². The number of unbranched alkanes of at least 4 members (excludes halogenated alkanes) is 6. The second kappa shape index (κ2) is 13.8. The van der Waals surface area contributed by atoms with Crippen molar-refractivity contribution < 1.29 is 31.8 Å². The fraction of sp³-hybridized carbons (Fsp3) is 0.714. The molecule has 1 rings (SSSR count). The van der Waals surface area contributed by atoms with E-state index in [-0.39, 0.29) is 23.8 Å². The summed E-state index contributed by atoms with van der Waals surface area (Å²) in [5.41, 5.74) is 3.22. The summed E-state index contributed by atoms with van der Waals surface area (Å²) >= 11 is 0. The molecule has 0 bridgehead atoms. The van der Waals surface area contributed by atoms with Gasteiger partial charge in [-0.1, -0.05) is 65.4 Å². The molecule has 144 valence electrons. The minimum Gasteiger partial charge on any atom is -0.744 e. The van der Waals surface area contributed by atoms with E-state index in [1.165, 1.54) is 18.4 Å². The zero-order valence-corrected chi connectivity index (χ0v) is 18.1. The maximum atomic E-state index is 11.8. The van der Waals surface area contributed by atoms with Crippen LogP contribution in [0.2, 0.25) is 0 Å². The van der Waals surface area contributed by atoms with Crippen molar-refractivity contribution in [2.75, 3.05) is 0 Å². The summed E-state index contributed by atoms with van der Waals surface area (Å²) in [4.78, 5) is 0.0225. The van der Waals surface area contributed by atoms with Crippen molar-refractivity contribution in [1.29, 1.82) is 0 Å². The van der Waals surface area contributed by atoms with Gasteiger partial charge in [-0.25, -0.2) is 8.42 Å². The second-order valence-corrected chi connectivity index (χ2v) is 8.35. The molecule has 0 aromatic heterocycles. The molecule has 0 aliphatic rings. The Bertz CT molecular complexity index is 612. The van der Waals surface area contributed by atoms with Gasteiger partial charge in [0, 0.05) is 0 Å². The molecule has 1 aromatic rings. The smallest absolute Gasteiger partial charge is 0.744 e. The van der Waals surface area contributed by atoms with E-state index in [0.29, 0.717) is 6.42 Å². The Labute approximate surface area is 173 Å². The predicted molar refractivity (Wildman–Crippen MR) is 104 cm³/mol. The maximum absolute atomic E-state index is 11.8. The molecule has 0 fully saturated rings. The van der Waals surface area contributed by atoms with Gasteiger partial charge in [0.1, 0.15) is 10.1 Å². The fourth-order valence-electron chi connectivity index (χ4n) is 3.44. The molecule has 0 saturated heterocycles. The molecule has 0 amide bonds. The van der Waals surface area contributed by atoms with E-state index in [1.54, 1.807) is 6.07 Å². The van der Waals surface area contributed by atoms with Gasteiger partial charge in [0.05, 0.1) is 4.90 Å². The van der Waals surface area contributed by atoms with Crippen molar-refractivity contribution >= 4 is 10.1 Å². The van der Waals surface area contributed by atoms with Crippen molar-refractivity contribution in [1.82, 2.24) is 0 Å². The van der Waals surface area contributed by atoms with Crippen molar-refractivity contribution in [3.8, 4) is 0 Å². The maximum Gasteiger partial charge on any atom is 1.00 e. The molecule has 5 heteroatoms. The molecular weight excluding hydrogens is 339 g/mol. The van der Waals surface area contributed by atoms with Crippen molar-refractivity contribution in [3.05, 3.63) is 28.8 Å². The minimum atomic E-state index is -4.42. The summed E-state index contributed by atoms with van der Waals surface area (Å²) in [7, 11) is -4.42. The van der Waals surface area contributed by atoms with Gasteiger partial charge in [-0.05, 0) is 61.3 Å². The first-order chi connectivity index (χ1) is 12.0. The summed E-state index contributed by atoms with van der Waals surface area (Å²) in [6.07, 6.45) is 12.5. The normalized spacial score (nSPS) is 11.4. The van der Waals surface area contributed by atoms with Gasteiger partial charge < -0.3 is 4.55 Å². The molecular formula is C21H35LiO3S. The molecule has 0 N–H and O–H groups in total. The van der Waals surface area contributed by atoms with Crippen LogP contribution in [0.3, 0.4) is 0 Å². The third-order valence-corrected chi connectivity index (χ3v) is 5.79. The van der Waals surface area contributed by atoms with Gasteiger partial charge >= 0.3 is 18.9 Å². The summed E-state index contributed by atoms with van der Waals surface area (Å²) in [5, 5.41) is 0. The molecule has 0 unspecified atom stereocenters. The van der Waals surface area contributed by atoms with Crippen LogP contribution in [-0.2, 0) is 29.4 Å². The van der Waals surface area contributed by atoms with Gasteiger partial charge in [-0.3, -0.25) is 0 Å². The number of benzene rings is 1. The molecule has 0 spiro atoms. The van der Waals surface area contributed by atoms with E-state index >= 15 is 0 Å². The largest absolute Gasteiger partial charge is 1.00 e. The topological polar surface area (TPSA) is 57.2 Å². The zero-order valence-electron chi connectivity index (χ0n) is 17.3. The van der Waals surface area contributed by atoms with Crippen LogP contribution >= 0.6 is 0 Å². The van der Waals surface area contributed by atoms with E-state index in [9.17, 15) is 13.0 Å². The molecule has 0 radical (unpaired) electrons. The molecule has 26 heavy (non-hydrogen) atoms. The Hall–Kier alpha value is -0.273. The number of rotatable bonds is 13. The van der Waals surface area contributed by atoms with Crippen LogP contribution in [-0.4, -0.2) is 13.0 Å². The van der Waals surface area contributed by atoms with Gasteiger partial charge in [0.2, 0.25) is 0 Å². The van der Waals surface area contributed by atoms with Crippen LogP contribution in [0.5, 0.6) is 0 Å². The molecule has 0 aliphatic carbocycles. The molecule has 1 aromatic carbocycles. The molecule has 0 aliphatic heterocycles. The molecule has 3 nitrogen and oxygen atoms in total. The number of hydrogen-bond donors (Lipinski definition) is 0. The van der Waals surface area contributed by atoms with Crippen LogP contribution in [0.1, 0.15) is 95.2 Å². The van der Waals surface area contributed by atoms with Gasteiger partial charge in [-0.15, -0.1) is 0 Å². The van der Waals surface area contributed by atoms with E-state index in [0.717, 1.165) is 68.9 Å². The zero-order chi connectivity index (χ0) is 18.7. The minimum absolute atomic E-state index is 0. The first-order valence-electron chi connectivity index (χ1n) is 10.0. The van der Waals surface area contributed by atoms with E-state index in [1.807, 2.05) is 6.07 Å². The van der Waals surface area contributed by atoms with E-state index in [2.05, 4.69) is 20.8 Å². The van der Waals surface area contributed by atoms with Crippen molar-refractivity contribution in [2.24, 2.45) is 0 Å². The standard InChI is InChI=1S/C21H36O3S.Li/c1-4-7-10-13-18-16-17-21(25(22,23)24)20(15-12-9-6-3)19(18)14-11-8-5-2;/h16-17H,4-15H2,1-3H3,(H,22,23,24);/q;+1/p-1. The van der Waals surface area contributed by atoms with Gasteiger partial charge in [-0.2, -0.15) is 0 Å². The van der Waals surface area contributed by atoms with Crippen LogP contribution in [0, 0.1) is 0 Å². The Morgan fingerprint density at radius 1 is 0.731 bits per heavy atom. The van der Waals surface area contributed by atoms with Gasteiger partial charge in [0.25, 0.3) is 0 Å². The average Bonchev–Trinajstić information content (AvgIpc) is 2.56. The third kappa shape index (κ3) is 8.61. The summed E-state index contributed by atoms with van der Waals surface area (Å²) in [5.74, 6) is 0. The first kappa shape index (κ1) is 25.7. The second-order valence-electron chi connectivity index (χ2n) is 7.01. The summed E-state index contributed by atoms with van der Waals surface area (Å²) in [6, 6.07) is 3.46. The van der Waals surface area contributed by atoms with Crippen molar-refractivity contribution in [2.45, 2.75) is 103 Å². The summed E-state index contributed by atoms with van der Waals surface area (Å²) in [6.45, 7) is 6.49. The Morgan fingerprint density at radius 3 is 1.65 bits per heavy atom. The Kier molecular flexibility index (Phi) is 13.7.